The van der Waals surface area contributed by atoms with Gasteiger partial charge in [-0.05, 0) is 40.7 Å². The van der Waals surface area contributed by atoms with Crippen LogP contribution in [0.15, 0.2) is 48.5 Å². The van der Waals surface area contributed by atoms with Crippen LogP contribution in [0.2, 0.25) is 0 Å². The van der Waals surface area contributed by atoms with Gasteiger partial charge in [0.15, 0.2) is 0 Å². The van der Waals surface area contributed by atoms with E-state index in [9.17, 15) is 19.5 Å². The Morgan fingerprint density at radius 3 is 1.69 bits per heavy atom. The van der Waals surface area contributed by atoms with Gasteiger partial charge in [-0.15, -0.1) is 0 Å². The Balaban J connectivity index is 1.65. The van der Waals surface area contributed by atoms with Gasteiger partial charge in [0.2, 0.25) is 11.8 Å². The first kappa shape index (κ1) is 18.4. The second kappa shape index (κ2) is 6.73. The maximum atomic E-state index is 13.5. The van der Waals surface area contributed by atoms with Gasteiger partial charge in [-0.1, -0.05) is 48.5 Å². The fraction of sp³-hybridized carbons (Fsp3) is 0.348. The number of carboxylic acid groups (broad SMARTS) is 1. The fourth-order valence-corrected chi connectivity index (χ4v) is 6.05. The number of imide groups is 1. The second-order valence-electron chi connectivity index (χ2n) is 7.93. The molecule has 1 saturated heterocycles. The number of aliphatic carboxylic acids is 1. The first-order valence-electron chi connectivity index (χ1n) is 9.80. The SMILES string of the molecule is CSCC[C@@H](C(=O)[O-])N1C(=O)[C@H]2C3c4ccccc4C(c4ccccc43)[C@@H]2C1=O. The highest BCUT2D eigenvalue weighted by Gasteiger charge is 2.62. The zero-order chi connectivity index (χ0) is 20.3. The third-order valence-electron chi connectivity index (χ3n) is 6.66. The summed E-state index contributed by atoms with van der Waals surface area (Å²) in [6, 6.07) is 14.7. The Kier molecular flexibility index (Phi) is 4.28. The van der Waals surface area contributed by atoms with Gasteiger partial charge in [0, 0.05) is 11.8 Å². The molecule has 3 aliphatic carbocycles. The fourth-order valence-electron chi connectivity index (χ4n) is 5.59. The van der Waals surface area contributed by atoms with Crippen molar-refractivity contribution in [3.8, 4) is 0 Å². The molecule has 2 aromatic rings. The highest BCUT2D eigenvalue weighted by Crippen LogP contribution is 2.61. The molecule has 0 aromatic heterocycles. The lowest BCUT2D eigenvalue weighted by Gasteiger charge is -2.45. The predicted octanol–water partition coefficient (Wildman–Crippen LogP) is 1.75. The van der Waals surface area contributed by atoms with E-state index in [1.54, 1.807) is 0 Å². The van der Waals surface area contributed by atoms with Gasteiger partial charge in [-0.25, -0.2) is 0 Å². The average molecular weight is 406 g/mol. The van der Waals surface area contributed by atoms with Gasteiger partial charge >= 0.3 is 0 Å². The summed E-state index contributed by atoms with van der Waals surface area (Å²) in [5, 5.41) is 11.8. The molecule has 2 bridgehead atoms. The summed E-state index contributed by atoms with van der Waals surface area (Å²) in [5.74, 6) is -3.09. The van der Waals surface area contributed by atoms with Crippen LogP contribution in [0.3, 0.4) is 0 Å². The van der Waals surface area contributed by atoms with Gasteiger partial charge in [-0.2, -0.15) is 11.8 Å². The molecule has 0 unspecified atom stereocenters. The number of hydrogen-bond acceptors (Lipinski definition) is 5. The third-order valence-corrected chi connectivity index (χ3v) is 7.31. The summed E-state index contributed by atoms with van der Waals surface area (Å²) in [7, 11) is 0. The Hall–Kier alpha value is -2.60. The van der Waals surface area contributed by atoms with Crippen LogP contribution in [0.25, 0.3) is 0 Å². The maximum Gasteiger partial charge on any atom is 0.234 e. The minimum Gasteiger partial charge on any atom is -0.548 e. The van der Waals surface area contributed by atoms with E-state index in [0.29, 0.717) is 5.75 Å². The van der Waals surface area contributed by atoms with Crippen molar-refractivity contribution >= 4 is 29.5 Å². The Bertz CT molecular complexity index is 920. The zero-order valence-corrected chi connectivity index (χ0v) is 16.7. The quantitative estimate of drug-likeness (QED) is 0.707. The van der Waals surface area contributed by atoms with Crippen LogP contribution in [0.1, 0.15) is 40.5 Å². The summed E-state index contributed by atoms with van der Waals surface area (Å²) in [6.45, 7) is 0. The van der Waals surface area contributed by atoms with Gasteiger partial charge in [0.1, 0.15) is 0 Å². The molecule has 0 saturated carbocycles. The van der Waals surface area contributed by atoms with Crippen LogP contribution in [0.5, 0.6) is 0 Å². The summed E-state index contributed by atoms with van der Waals surface area (Å²) in [4.78, 5) is 39.8. The lowest BCUT2D eigenvalue weighted by Crippen LogP contribution is -2.51. The van der Waals surface area contributed by atoms with Crippen molar-refractivity contribution in [3.63, 3.8) is 0 Å². The summed E-state index contributed by atoms with van der Waals surface area (Å²) >= 11 is 1.49. The Labute approximate surface area is 173 Å². The van der Waals surface area contributed by atoms with E-state index in [1.165, 1.54) is 11.8 Å². The van der Waals surface area contributed by atoms with Crippen molar-refractivity contribution in [1.82, 2.24) is 4.90 Å². The van der Waals surface area contributed by atoms with E-state index >= 15 is 0 Å². The Morgan fingerprint density at radius 1 is 0.931 bits per heavy atom. The molecule has 6 rings (SSSR count). The summed E-state index contributed by atoms with van der Waals surface area (Å²) in [6.07, 6.45) is 2.07. The molecule has 0 spiro atoms. The number of nitrogens with zero attached hydrogens (tertiary/aromatic N) is 1. The first-order chi connectivity index (χ1) is 14.1. The number of hydrogen-bond donors (Lipinski definition) is 0. The molecule has 0 radical (unpaired) electrons. The zero-order valence-electron chi connectivity index (χ0n) is 15.9. The van der Waals surface area contributed by atoms with Crippen LogP contribution in [0, 0.1) is 11.8 Å². The van der Waals surface area contributed by atoms with Crippen molar-refractivity contribution in [2.75, 3.05) is 12.0 Å². The van der Waals surface area contributed by atoms with E-state index in [-0.39, 0.29) is 30.1 Å². The smallest absolute Gasteiger partial charge is 0.234 e. The van der Waals surface area contributed by atoms with Crippen LogP contribution < -0.4 is 5.11 Å². The van der Waals surface area contributed by atoms with Crippen LogP contribution in [-0.2, 0) is 14.4 Å². The van der Waals surface area contributed by atoms with Gasteiger partial charge in [0.05, 0.1) is 23.8 Å². The molecular weight excluding hydrogens is 386 g/mol. The number of carboxylic acids is 1. The standard InChI is InChI=1S/C23H21NO4S/c1-29-11-10-16(23(27)28)24-21(25)19-17-12-6-2-3-7-13(12)18(20(19)22(24)26)15-9-5-4-8-14(15)17/h2-9,16-20H,10-11H2,1H3,(H,27,28)/p-1/t16-,17?,18?,19-,20-/m0/s1. The monoisotopic (exact) mass is 406 g/mol. The van der Waals surface area contributed by atoms with E-state index in [4.69, 9.17) is 0 Å². The molecule has 6 heteroatoms. The van der Waals surface area contributed by atoms with Crippen molar-refractivity contribution < 1.29 is 19.5 Å². The number of amides is 2. The molecule has 4 aliphatic rings. The van der Waals surface area contributed by atoms with Crippen molar-refractivity contribution in [1.29, 1.82) is 0 Å². The van der Waals surface area contributed by atoms with E-state index in [2.05, 4.69) is 0 Å². The summed E-state index contributed by atoms with van der Waals surface area (Å²) < 4.78 is 0. The van der Waals surface area contributed by atoms with Crippen molar-refractivity contribution in [2.24, 2.45) is 11.8 Å². The molecule has 5 nitrogen and oxygen atoms in total. The molecule has 29 heavy (non-hydrogen) atoms. The van der Waals surface area contributed by atoms with Gasteiger partial charge < -0.3 is 9.90 Å². The largest absolute Gasteiger partial charge is 0.548 e. The van der Waals surface area contributed by atoms with Crippen LogP contribution in [-0.4, -0.2) is 40.7 Å². The molecule has 1 aliphatic heterocycles. The van der Waals surface area contributed by atoms with E-state index in [1.807, 2.05) is 54.8 Å². The Morgan fingerprint density at radius 2 is 1.34 bits per heavy atom. The van der Waals surface area contributed by atoms with Crippen molar-refractivity contribution in [2.45, 2.75) is 24.3 Å². The molecular formula is C23H20NO4S-. The lowest BCUT2D eigenvalue weighted by molar-refractivity contribution is -0.311. The number of benzene rings is 2. The summed E-state index contributed by atoms with van der Waals surface area (Å²) in [5.41, 5.74) is 4.31. The second-order valence-corrected chi connectivity index (χ2v) is 8.91. The molecule has 1 heterocycles. The average Bonchev–Trinajstić information content (AvgIpc) is 3.00. The minimum atomic E-state index is -1.36. The number of carbonyl (C=O) groups is 3. The lowest BCUT2D eigenvalue weighted by atomic mass is 9.55. The van der Waals surface area contributed by atoms with E-state index in [0.717, 1.165) is 27.2 Å². The van der Waals surface area contributed by atoms with Gasteiger partial charge in [-0.3, -0.25) is 14.5 Å². The molecule has 2 amide bonds. The normalized spacial score (nSPS) is 27.4. The highest BCUT2D eigenvalue weighted by molar-refractivity contribution is 7.98. The number of thioether (sulfide) groups is 1. The molecule has 148 valence electrons. The van der Waals surface area contributed by atoms with Crippen molar-refractivity contribution in [3.05, 3.63) is 70.8 Å². The van der Waals surface area contributed by atoms with Crippen LogP contribution >= 0.6 is 11.8 Å². The predicted molar refractivity (Wildman–Crippen MR) is 107 cm³/mol. The number of rotatable bonds is 5. The number of likely N-dealkylation sites (tertiary alicyclic amines) is 1. The third kappa shape index (κ3) is 2.45. The molecule has 2 aromatic carbocycles. The molecule has 0 N–H and O–H groups in total. The topological polar surface area (TPSA) is 77.5 Å². The molecule has 3 atom stereocenters. The van der Waals surface area contributed by atoms with Crippen LogP contribution in [0.4, 0.5) is 0 Å². The first-order valence-corrected chi connectivity index (χ1v) is 11.2. The highest BCUT2D eigenvalue weighted by atomic mass is 32.2. The van der Waals surface area contributed by atoms with E-state index < -0.39 is 23.8 Å². The molecule has 1 fully saturated rings. The minimum absolute atomic E-state index is 0.204. The van der Waals surface area contributed by atoms with Gasteiger partial charge in [0.25, 0.3) is 0 Å². The number of carbonyl (C=O) groups excluding carboxylic acids is 3. The maximum absolute atomic E-state index is 13.5.